The zero-order valence-electron chi connectivity index (χ0n) is 11.9. The molecule has 0 aromatic heterocycles. The summed E-state index contributed by atoms with van der Waals surface area (Å²) in [5.41, 5.74) is 8.13. The highest BCUT2D eigenvalue weighted by molar-refractivity contribution is 6.33. The molecule has 0 radical (unpaired) electrons. The number of hydrogen-bond donors (Lipinski definition) is 2. The van der Waals surface area contributed by atoms with Crippen molar-refractivity contribution in [3.8, 4) is 0 Å². The topological polar surface area (TPSA) is 67.6 Å². The molecular weight excluding hydrogens is 278 g/mol. The maximum absolute atomic E-state index is 11.6. The lowest BCUT2D eigenvalue weighted by atomic mass is 10.1. The number of halogens is 1. The number of hydrogen-bond acceptors (Lipinski definition) is 4. The van der Waals surface area contributed by atoms with Crippen LogP contribution in [0.5, 0.6) is 0 Å². The van der Waals surface area contributed by atoms with Crippen LogP contribution in [0.2, 0.25) is 5.02 Å². The van der Waals surface area contributed by atoms with Crippen molar-refractivity contribution < 1.29 is 9.53 Å². The van der Waals surface area contributed by atoms with Gasteiger partial charge in [0.15, 0.2) is 0 Å². The van der Waals surface area contributed by atoms with E-state index in [-0.39, 0.29) is 12.0 Å². The second-order valence-corrected chi connectivity index (χ2v) is 5.61. The summed E-state index contributed by atoms with van der Waals surface area (Å²) in [6, 6.07) is 2.98. The van der Waals surface area contributed by atoms with Crippen molar-refractivity contribution in [2.75, 3.05) is 30.4 Å². The van der Waals surface area contributed by atoms with Gasteiger partial charge in [0.2, 0.25) is 5.91 Å². The molecule has 1 aromatic rings. The smallest absolute Gasteiger partial charge is 0.245 e. The molecule has 1 aliphatic heterocycles. The van der Waals surface area contributed by atoms with Gasteiger partial charge in [-0.15, -0.1) is 0 Å². The molecule has 0 bridgehead atoms. The lowest BCUT2D eigenvalue weighted by molar-refractivity contribution is -0.116. The van der Waals surface area contributed by atoms with E-state index in [4.69, 9.17) is 22.1 Å². The fourth-order valence-corrected chi connectivity index (χ4v) is 2.45. The molecule has 1 amide bonds. The van der Waals surface area contributed by atoms with Gasteiger partial charge in [0, 0.05) is 24.8 Å². The van der Waals surface area contributed by atoms with Gasteiger partial charge < -0.3 is 20.7 Å². The van der Waals surface area contributed by atoms with Crippen LogP contribution in [0.1, 0.15) is 25.5 Å². The summed E-state index contributed by atoms with van der Waals surface area (Å²) in [5, 5.41) is 3.35. The first-order valence-corrected chi connectivity index (χ1v) is 7.00. The number of rotatable bonds is 5. The number of likely N-dealkylation sites (N-methyl/N-ethyl adjacent to an activating group) is 1. The maximum Gasteiger partial charge on any atom is 0.245 e. The lowest BCUT2D eigenvalue weighted by Crippen LogP contribution is -2.24. The van der Waals surface area contributed by atoms with Crippen LogP contribution in [0.25, 0.3) is 0 Å². The number of anilines is 2. The highest BCUT2D eigenvalue weighted by atomic mass is 35.5. The second kappa shape index (κ2) is 5.99. The minimum absolute atomic E-state index is 0.195. The van der Waals surface area contributed by atoms with Crippen molar-refractivity contribution in [3.63, 3.8) is 0 Å². The quantitative estimate of drug-likeness (QED) is 0.874. The number of nitrogens with two attached hydrogens (primary N) is 1. The Bertz CT molecular complexity index is 519. The van der Waals surface area contributed by atoms with Crippen molar-refractivity contribution in [1.29, 1.82) is 0 Å². The number of carbonyl (C=O) groups is 1. The molecule has 2 rings (SSSR count). The molecule has 0 spiro atoms. The van der Waals surface area contributed by atoms with Gasteiger partial charge in [0.25, 0.3) is 0 Å². The van der Waals surface area contributed by atoms with E-state index in [2.05, 4.69) is 5.32 Å². The number of ether oxygens (including phenoxy) is 1. The van der Waals surface area contributed by atoms with Crippen molar-refractivity contribution >= 4 is 28.9 Å². The molecule has 1 aromatic carbocycles. The highest BCUT2D eigenvalue weighted by Gasteiger charge is 2.28. The molecule has 5 nitrogen and oxygen atoms in total. The number of carbonyl (C=O) groups excluding carboxylic acids is 1. The predicted octanol–water partition coefficient (Wildman–Crippen LogP) is 2.15. The molecule has 1 atom stereocenters. The highest BCUT2D eigenvalue weighted by Crippen LogP contribution is 2.37. The lowest BCUT2D eigenvalue weighted by Gasteiger charge is -2.22. The standard InChI is InChI=1S/C14H20ClN3O2/c1-8(2)20-5-4-18(3)12-7-11-9(6-10(12)15)13(16)14(19)17-11/h6-8,13H,4-5,16H2,1-3H3,(H,17,19). The minimum atomic E-state index is -0.633. The van der Waals surface area contributed by atoms with E-state index in [1.165, 1.54) is 0 Å². The molecule has 20 heavy (non-hydrogen) atoms. The first kappa shape index (κ1) is 15.1. The van der Waals surface area contributed by atoms with E-state index < -0.39 is 6.04 Å². The molecule has 110 valence electrons. The molecule has 1 heterocycles. The van der Waals surface area contributed by atoms with Gasteiger partial charge in [-0.2, -0.15) is 0 Å². The van der Waals surface area contributed by atoms with Gasteiger partial charge in [-0.25, -0.2) is 0 Å². The number of nitrogens with zero attached hydrogens (tertiary/aromatic N) is 1. The first-order valence-electron chi connectivity index (χ1n) is 6.62. The Balaban J connectivity index is 2.13. The zero-order valence-corrected chi connectivity index (χ0v) is 12.7. The summed E-state index contributed by atoms with van der Waals surface area (Å²) in [6.07, 6.45) is 0.205. The second-order valence-electron chi connectivity index (χ2n) is 5.20. The summed E-state index contributed by atoms with van der Waals surface area (Å²) in [4.78, 5) is 13.6. The fourth-order valence-electron chi connectivity index (χ4n) is 2.13. The third-order valence-electron chi connectivity index (χ3n) is 3.28. The van der Waals surface area contributed by atoms with Gasteiger partial charge in [-0.05, 0) is 26.0 Å². The van der Waals surface area contributed by atoms with Crippen molar-refractivity contribution in [2.24, 2.45) is 5.73 Å². The minimum Gasteiger partial charge on any atom is -0.377 e. The van der Waals surface area contributed by atoms with Gasteiger partial charge in [0.1, 0.15) is 6.04 Å². The van der Waals surface area contributed by atoms with Gasteiger partial charge in [-0.3, -0.25) is 4.79 Å². The Morgan fingerprint density at radius 1 is 1.50 bits per heavy atom. The molecular formula is C14H20ClN3O2. The van der Waals surface area contributed by atoms with Crippen LogP contribution >= 0.6 is 11.6 Å². The number of benzene rings is 1. The third-order valence-corrected chi connectivity index (χ3v) is 3.59. The van der Waals surface area contributed by atoms with Gasteiger partial charge in [0.05, 0.1) is 23.4 Å². The van der Waals surface area contributed by atoms with Gasteiger partial charge >= 0.3 is 0 Å². The van der Waals surface area contributed by atoms with E-state index in [9.17, 15) is 4.79 Å². The van der Waals surface area contributed by atoms with Crippen molar-refractivity contribution in [3.05, 3.63) is 22.7 Å². The van der Waals surface area contributed by atoms with E-state index >= 15 is 0 Å². The summed E-state index contributed by atoms with van der Waals surface area (Å²) in [7, 11) is 1.94. The summed E-state index contributed by atoms with van der Waals surface area (Å²) in [6.45, 7) is 5.34. The molecule has 1 aliphatic rings. The van der Waals surface area contributed by atoms with Crippen LogP contribution in [0.3, 0.4) is 0 Å². The van der Waals surface area contributed by atoms with Crippen LogP contribution in [-0.4, -0.2) is 32.2 Å². The Kier molecular flexibility index (Phi) is 4.52. The van der Waals surface area contributed by atoms with Crippen molar-refractivity contribution in [2.45, 2.75) is 26.0 Å². The average Bonchev–Trinajstić information content (AvgIpc) is 2.64. The summed E-state index contributed by atoms with van der Waals surface area (Å²) >= 11 is 6.28. The Labute approximate surface area is 124 Å². The number of amides is 1. The molecule has 6 heteroatoms. The molecule has 0 saturated heterocycles. The van der Waals surface area contributed by atoms with Crippen LogP contribution in [0.15, 0.2) is 12.1 Å². The van der Waals surface area contributed by atoms with E-state index in [0.29, 0.717) is 11.6 Å². The monoisotopic (exact) mass is 297 g/mol. The van der Waals surface area contributed by atoms with E-state index in [0.717, 1.165) is 23.5 Å². The first-order chi connectivity index (χ1) is 9.40. The van der Waals surface area contributed by atoms with Crippen LogP contribution in [0.4, 0.5) is 11.4 Å². The van der Waals surface area contributed by atoms with Crippen LogP contribution < -0.4 is 16.0 Å². The average molecular weight is 298 g/mol. The normalized spacial score (nSPS) is 17.3. The SMILES string of the molecule is CC(C)OCCN(C)c1cc2c(cc1Cl)C(N)C(=O)N2. The Morgan fingerprint density at radius 3 is 2.85 bits per heavy atom. The van der Waals surface area contributed by atoms with E-state index in [1.54, 1.807) is 6.07 Å². The predicted molar refractivity (Wildman–Crippen MR) is 81.4 cm³/mol. The largest absolute Gasteiger partial charge is 0.377 e. The molecule has 0 aliphatic carbocycles. The summed E-state index contributed by atoms with van der Waals surface area (Å²) in [5.74, 6) is -0.195. The van der Waals surface area contributed by atoms with E-state index in [1.807, 2.05) is 31.9 Å². The number of fused-ring (bicyclic) bond motifs is 1. The van der Waals surface area contributed by atoms with Crippen LogP contribution in [-0.2, 0) is 9.53 Å². The van der Waals surface area contributed by atoms with Crippen molar-refractivity contribution in [1.82, 2.24) is 0 Å². The molecule has 3 N–H and O–H groups in total. The Hall–Kier alpha value is -1.30. The zero-order chi connectivity index (χ0) is 14.9. The maximum atomic E-state index is 11.6. The molecule has 1 unspecified atom stereocenters. The van der Waals surface area contributed by atoms with Crippen LogP contribution in [0, 0.1) is 0 Å². The Morgan fingerprint density at radius 2 is 2.20 bits per heavy atom. The molecule has 0 saturated carbocycles. The molecule has 0 fully saturated rings. The third kappa shape index (κ3) is 3.06. The van der Waals surface area contributed by atoms with Gasteiger partial charge in [-0.1, -0.05) is 11.6 Å². The fraction of sp³-hybridized carbons (Fsp3) is 0.500. The number of nitrogens with one attached hydrogen (secondary N) is 1. The summed E-state index contributed by atoms with van der Waals surface area (Å²) < 4.78 is 5.53.